The second-order valence-corrected chi connectivity index (χ2v) is 9.45. The van der Waals surface area contributed by atoms with E-state index in [1.807, 2.05) is 18.2 Å². The predicted molar refractivity (Wildman–Crippen MR) is 129 cm³/mol. The van der Waals surface area contributed by atoms with Crippen LogP contribution in [0.1, 0.15) is 53.8 Å². The van der Waals surface area contributed by atoms with Crippen molar-refractivity contribution in [2.75, 3.05) is 18.0 Å². The molecule has 1 unspecified atom stereocenters. The molecule has 0 aliphatic carbocycles. The molecule has 0 radical (unpaired) electrons. The van der Waals surface area contributed by atoms with E-state index in [0.717, 1.165) is 29.6 Å². The lowest BCUT2D eigenvalue weighted by atomic mass is 10.0. The number of imide groups is 1. The number of nitrogens with one attached hydrogen (secondary N) is 1. The fourth-order valence-electron chi connectivity index (χ4n) is 5.35. The van der Waals surface area contributed by atoms with Crippen LogP contribution in [0.15, 0.2) is 46.9 Å². The number of carbonyl (C=O) groups is 3. The molecule has 4 heterocycles. The highest BCUT2D eigenvalue weighted by atomic mass is 16.5. The predicted octanol–water partition coefficient (Wildman–Crippen LogP) is 3.76. The molecule has 6 rings (SSSR count). The van der Waals surface area contributed by atoms with Gasteiger partial charge in [0.05, 0.1) is 6.54 Å². The second kappa shape index (κ2) is 8.76. The van der Waals surface area contributed by atoms with Gasteiger partial charge in [-0.1, -0.05) is 6.07 Å². The van der Waals surface area contributed by atoms with Gasteiger partial charge in [0.2, 0.25) is 11.8 Å². The summed E-state index contributed by atoms with van der Waals surface area (Å²) in [7, 11) is 0. The topological polar surface area (TPSA) is 92.1 Å². The highest BCUT2D eigenvalue weighted by molar-refractivity contribution is 6.05. The van der Waals surface area contributed by atoms with Crippen molar-refractivity contribution >= 4 is 34.4 Å². The number of fused-ring (bicyclic) bond motifs is 2. The van der Waals surface area contributed by atoms with Gasteiger partial charge in [-0.25, -0.2) is 0 Å². The Labute approximate surface area is 202 Å². The summed E-state index contributed by atoms with van der Waals surface area (Å²) in [5, 5.41) is 3.38. The monoisotopic (exact) mass is 473 g/mol. The van der Waals surface area contributed by atoms with E-state index < -0.39 is 11.9 Å². The van der Waals surface area contributed by atoms with Crippen molar-refractivity contribution in [1.82, 2.24) is 10.2 Å². The van der Waals surface area contributed by atoms with Gasteiger partial charge in [0, 0.05) is 41.7 Å². The number of nitrogens with zero attached hydrogens (tertiary/aromatic N) is 2. The Morgan fingerprint density at radius 3 is 2.71 bits per heavy atom. The molecule has 2 aromatic carbocycles. The summed E-state index contributed by atoms with van der Waals surface area (Å²) >= 11 is 0. The van der Waals surface area contributed by atoms with E-state index in [4.69, 9.17) is 9.15 Å². The first kappa shape index (κ1) is 21.7. The van der Waals surface area contributed by atoms with E-state index in [1.165, 1.54) is 29.8 Å². The molecule has 35 heavy (non-hydrogen) atoms. The molecule has 3 aliphatic rings. The van der Waals surface area contributed by atoms with Gasteiger partial charge in [-0.3, -0.25) is 19.7 Å². The number of anilines is 1. The zero-order valence-corrected chi connectivity index (χ0v) is 19.4. The van der Waals surface area contributed by atoms with Crippen LogP contribution >= 0.6 is 0 Å². The van der Waals surface area contributed by atoms with E-state index in [1.54, 1.807) is 12.1 Å². The number of piperidine rings is 2. The number of carbonyl (C=O) groups excluding carboxylic acids is 3. The fourth-order valence-corrected chi connectivity index (χ4v) is 5.35. The molecule has 3 amide bonds. The lowest BCUT2D eigenvalue weighted by molar-refractivity contribution is -0.136. The van der Waals surface area contributed by atoms with E-state index in [2.05, 4.69) is 22.3 Å². The standard InChI is InChI=1S/C27H27N3O5/c31-25-10-8-22(26(32)28-25)30-15-21-20(27(30)33)5-4-6-24(21)34-16-19-14-17-13-18(7-9-23(17)35-19)29-11-2-1-3-12-29/h4-7,9,13-14,22H,1-3,8,10-12,15-16H2,(H,28,31,32). The molecule has 3 aliphatic heterocycles. The first-order valence-corrected chi connectivity index (χ1v) is 12.2. The molecule has 1 atom stereocenters. The molecule has 0 spiro atoms. The van der Waals surface area contributed by atoms with Gasteiger partial charge in [-0.05, 0) is 62.1 Å². The summed E-state index contributed by atoms with van der Waals surface area (Å²) in [4.78, 5) is 40.8. The average molecular weight is 474 g/mol. The Balaban J connectivity index is 1.18. The molecule has 0 saturated carbocycles. The number of rotatable bonds is 5. The van der Waals surface area contributed by atoms with Crippen molar-refractivity contribution in [3.05, 3.63) is 59.4 Å². The minimum Gasteiger partial charge on any atom is -0.485 e. The average Bonchev–Trinajstić information content (AvgIpc) is 3.44. The van der Waals surface area contributed by atoms with Gasteiger partial charge in [0.15, 0.2) is 0 Å². The van der Waals surface area contributed by atoms with Crippen LogP contribution in [0.2, 0.25) is 0 Å². The van der Waals surface area contributed by atoms with Crippen molar-refractivity contribution in [3.63, 3.8) is 0 Å². The molecular weight excluding hydrogens is 446 g/mol. The number of hydrogen-bond donors (Lipinski definition) is 1. The minimum absolute atomic E-state index is 0.214. The van der Waals surface area contributed by atoms with Crippen molar-refractivity contribution < 1.29 is 23.5 Å². The number of benzene rings is 2. The molecule has 3 aromatic rings. The molecule has 1 aromatic heterocycles. The maximum absolute atomic E-state index is 13.0. The van der Waals surface area contributed by atoms with Crippen molar-refractivity contribution in [3.8, 4) is 5.75 Å². The highest BCUT2D eigenvalue weighted by Crippen LogP contribution is 2.34. The van der Waals surface area contributed by atoms with Crippen molar-refractivity contribution in [1.29, 1.82) is 0 Å². The van der Waals surface area contributed by atoms with Gasteiger partial charge < -0.3 is 19.0 Å². The smallest absolute Gasteiger partial charge is 0.255 e. The van der Waals surface area contributed by atoms with Crippen LogP contribution in [0.4, 0.5) is 5.69 Å². The quantitative estimate of drug-likeness (QED) is 0.568. The summed E-state index contributed by atoms with van der Waals surface area (Å²) in [6.07, 6.45) is 4.32. The molecule has 2 saturated heterocycles. The highest BCUT2D eigenvalue weighted by Gasteiger charge is 2.40. The summed E-state index contributed by atoms with van der Waals surface area (Å²) < 4.78 is 12.1. The molecule has 0 bridgehead atoms. The Morgan fingerprint density at radius 1 is 1.03 bits per heavy atom. The molecule has 1 N–H and O–H groups in total. The Morgan fingerprint density at radius 2 is 1.89 bits per heavy atom. The maximum Gasteiger partial charge on any atom is 0.255 e. The van der Waals surface area contributed by atoms with Crippen LogP contribution in [-0.2, 0) is 22.7 Å². The Bertz CT molecular complexity index is 1320. The third kappa shape index (κ3) is 4.03. The summed E-state index contributed by atoms with van der Waals surface area (Å²) in [6.45, 7) is 2.69. The Kier molecular flexibility index (Phi) is 5.43. The second-order valence-electron chi connectivity index (χ2n) is 9.45. The lowest BCUT2D eigenvalue weighted by Crippen LogP contribution is -2.52. The normalized spacial score (nSPS) is 20.3. The third-order valence-corrected chi connectivity index (χ3v) is 7.18. The molecular formula is C27H27N3O5. The number of ether oxygens (including phenoxy) is 1. The lowest BCUT2D eigenvalue weighted by Gasteiger charge is -2.29. The SMILES string of the molecule is O=C1CCC(N2Cc3c(OCc4cc5cc(N6CCCCC6)ccc5o4)cccc3C2=O)C(=O)N1. The van der Waals surface area contributed by atoms with Crippen LogP contribution in [0.25, 0.3) is 11.0 Å². The summed E-state index contributed by atoms with van der Waals surface area (Å²) in [5.74, 6) is 0.373. The van der Waals surface area contributed by atoms with Crippen LogP contribution in [0.3, 0.4) is 0 Å². The van der Waals surface area contributed by atoms with Crippen LogP contribution in [0.5, 0.6) is 5.75 Å². The largest absolute Gasteiger partial charge is 0.485 e. The van der Waals surface area contributed by atoms with Gasteiger partial charge in [0.25, 0.3) is 5.91 Å². The van der Waals surface area contributed by atoms with Gasteiger partial charge >= 0.3 is 0 Å². The first-order chi connectivity index (χ1) is 17.1. The van der Waals surface area contributed by atoms with E-state index in [-0.39, 0.29) is 31.4 Å². The van der Waals surface area contributed by atoms with E-state index >= 15 is 0 Å². The zero-order chi connectivity index (χ0) is 23.9. The van der Waals surface area contributed by atoms with Gasteiger partial charge in [0.1, 0.15) is 29.7 Å². The van der Waals surface area contributed by atoms with Gasteiger partial charge in [-0.2, -0.15) is 0 Å². The van der Waals surface area contributed by atoms with E-state index in [9.17, 15) is 14.4 Å². The summed E-state index contributed by atoms with van der Waals surface area (Å²) in [6, 6.07) is 13.0. The van der Waals surface area contributed by atoms with Crippen LogP contribution in [0, 0.1) is 0 Å². The summed E-state index contributed by atoms with van der Waals surface area (Å²) in [5.41, 5.74) is 3.33. The molecule has 8 nitrogen and oxygen atoms in total. The van der Waals surface area contributed by atoms with Gasteiger partial charge in [-0.15, -0.1) is 0 Å². The van der Waals surface area contributed by atoms with Crippen molar-refractivity contribution in [2.45, 2.75) is 51.3 Å². The maximum atomic E-state index is 13.0. The third-order valence-electron chi connectivity index (χ3n) is 7.18. The number of furan rings is 1. The molecule has 8 heteroatoms. The first-order valence-electron chi connectivity index (χ1n) is 12.2. The zero-order valence-electron chi connectivity index (χ0n) is 19.4. The minimum atomic E-state index is -0.648. The fraction of sp³-hybridized carbons (Fsp3) is 0.370. The van der Waals surface area contributed by atoms with Crippen LogP contribution < -0.4 is 15.0 Å². The number of amides is 3. The Hall–Kier alpha value is -3.81. The van der Waals surface area contributed by atoms with E-state index in [0.29, 0.717) is 23.5 Å². The van der Waals surface area contributed by atoms with Crippen molar-refractivity contribution in [2.24, 2.45) is 0 Å². The molecule has 2 fully saturated rings. The van der Waals surface area contributed by atoms with Crippen LogP contribution in [-0.4, -0.2) is 41.8 Å². The number of hydrogen-bond acceptors (Lipinski definition) is 6. The molecule has 180 valence electrons.